The van der Waals surface area contributed by atoms with Gasteiger partial charge in [0.05, 0.1) is 0 Å². The van der Waals surface area contributed by atoms with Crippen LogP contribution >= 0.6 is 0 Å². The molecule has 1 saturated heterocycles. The van der Waals surface area contributed by atoms with Crippen molar-refractivity contribution >= 4 is 23.1 Å². The molecule has 4 aromatic rings. The van der Waals surface area contributed by atoms with Crippen LogP contribution < -0.4 is 9.80 Å². The molecule has 5 heterocycles. The number of anilines is 2. The van der Waals surface area contributed by atoms with Gasteiger partial charge in [0.1, 0.15) is 18.5 Å². The summed E-state index contributed by atoms with van der Waals surface area (Å²) in [5.74, 6) is 2.60. The SMILES string of the molecule is Cc1nc2ncnn2c(N2CCCN(c3nccn4cnnc34)CC2)c1C. The molecule has 1 aliphatic heterocycles. The second-order valence-corrected chi connectivity index (χ2v) is 6.76. The summed E-state index contributed by atoms with van der Waals surface area (Å²) in [6.45, 7) is 7.67. The van der Waals surface area contributed by atoms with E-state index in [2.05, 4.69) is 47.0 Å². The number of hydrogen-bond acceptors (Lipinski definition) is 8. The van der Waals surface area contributed by atoms with Crippen LogP contribution in [0.3, 0.4) is 0 Å². The first-order chi connectivity index (χ1) is 13.2. The van der Waals surface area contributed by atoms with Gasteiger partial charge in [-0.25, -0.2) is 9.97 Å². The van der Waals surface area contributed by atoms with E-state index in [0.29, 0.717) is 5.78 Å². The van der Waals surface area contributed by atoms with Crippen LogP contribution in [-0.2, 0) is 0 Å². The van der Waals surface area contributed by atoms with Crippen molar-refractivity contribution in [1.29, 1.82) is 0 Å². The average molecular weight is 364 g/mol. The number of rotatable bonds is 2. The Bertz CT molecular complexity index is 1110. The van der Waals surface area contributed by atoms with E-state index in [0.717, 1.165) is 61.1 Å². The van der Waals surface area contributed by atoms with E-state index in [-0.39, 0.29) is 0 Å². The molecule has 10 nitrogen and oxygen atoms in total. The number of nitrogens with zero attached hydrogens (tertiary/aromatic N) is 10. The molecule has 0 N–H and O–H groups in total. The Morgan fingerprint density at radius 2 is 1.85 bits per heavy atom. The molecule has 4 aromatic heterocycles. The fourth-order valence-corrected chi connectivity index (χ4v) is 3.70. The third-order valence-electron chi connectivity index (χ3n) is 5.17. The van der Waals surface area contributed by atoms with E-state index >= 15 is 0 Å². The van der Waals surface area contributed by atoms with Gasteiger partial charge in [-0.3, -0.25) is 4.40 Å². The van der Waals surface area contributed by atoms with Crippen LogP contribution in [0.1, 0.15) is 17.7 Å². The molecule has 5 rings (SSSR count). The normalized spacial score (nSPS) is 15.6. The van der Waals surface area contributed by atoms with Crippen molar-refractivity contribution < 1.29 is 0 Å². The minimum atomic E-state index is 0.643. The third kappa shape index (κ3) is 2.56. The lowest BCUT2D eigenvalue weighted by atomic mass is 10.2. The largest absolute Gasteiger partial charge is 0.354 e. The molecular formula is C17H20N10. The lowest BCUT2D eigenvalue weighted by Crippen LogP contribution is -2.33. The maximum absolute atomic E-state index is 4.56. The van der Waals surface area contributed by atoms with Gasteiger partial charge in [0.2, 0.25) is 5.65 Å². The molecule has 0 aliphatic carbocycles. The highest BCUT2D eigenvalue weighted by Gasteiger charge is 2.23. The minimum absolute atomic E-state index is 0.643. The van der Waals surface area contributed by atoms with Gasteiger partial charge in [0, 0.05) is 49.8 Å². The van der Waals surface area contributed by atoms with Gasteiger partial charge < -0.3 is 9.80 Å². The first-order valence-electron chi connectivity index (χ1n) is 9.03. The van der Waals surface area contributed by atoms with Gasteiger partial charge in [0.15, 0.2) is 5.82 Å². The summed E-state index contributed by atoms with van der Waals surface area (Å²) in [4.78, 5) is 18.0. The van der Waals surface area contributed by atoms with Crippen LogP contribution in [0, 0.1) is 13.8 Å². The smallest absolute Gasteiger partial charge is 0.254 e. The van der Waals surface area contributed by atoms with Crippen LogP contribution in [0.4, 0.5) is 11.6 Å². The highest BCUT2D eigenvalue weighted by atomic mass is 15.4. The van der Waals surface area contributed by atoms with Crippen molar-refractivity contribution in [3.05, 3.63) is 36.3 Å². The molecule has 0 amide bonds. The summed E-state index contributed by atoms with van der Waals surface area (Å²) in [7, 11) is 0. The van der Waals surface area contributed by atoms with Gasteiger partial charge in [-0.15, -0.1) is 10.2 Å². The van der Waals surface area contributed by atoms with E-state index in [1.54, 1.807) is 18.9 Å². The Labute approximate surface area is 155 Å². The van der Waals surface area contributed by atoms with Crippen molar-refractivity contribution in [2.24, 2.45) is 0 Å². The predicted octanol–water partition coefficient (Wildman–Crippen LogP) is 0.896. The Morgan fingerprint density at radius 1 is 1.00 bits per heavy atom. The lowest BCUT2D eigenvalue weighted by molar-refractivity contribution is 0.761. The number of aryl methyl sites for hydroxylation is 1. The average Bonchev–Trinajstić information content (AvgIpc) is 3.27. The van der Waals surface area contributed by atoms with Crippen molar-refractivity contribution in [2.75, 3.05) is 36.0 Å². The van der Waals surface area contributed by atoms with E-state index < -0.39 is 0 Å². The molecule has 1 aliphatic rings. The highest BCUT2D eigenvalue weighted by Crippen LogP contribution is 2.25. The molecule has 1 fully saturated rings. The molecule has 0 radical (unpaired) electrons. The Balaban J connectivity index is 1.48. The van der Waals surface area contributed by atoms with E-state index in [1.165, 1.54) is 0 Å². The predicted molar refractivity (Wildman–Crippen MR) is 100 cm³/mol. The van der Waals surface area contributed by atoms with Gasteiger partial charge in [0.25, 0.3) is 5.78 Å². The molecule has 0 bridgehead atoms. The zero-order chi connectivity index (χ0) is 18.4. The number of aromatic nitrogens is 8. The molecule has 0 spiro atoms. The first-order valence-corrected chi connectivity index (χ1v) is 9.03. The van der Waals surface area contributed by atoms with Crippen LogP contribution in [-0.4, -0.2) is 65.3 Å². The fraction of sp³-hybridized carbons (Fsp3) is 0.412. The molecule has 138 valence electrons. The fourth-order valence-electron chi connectivity index (χ4n) is 3.70. The summed E-state index contributed by atoms with van der Waals surface area (Å²) in [5, 5.41) is 12.6. The second kappa shape index (κ2) is 6.15. The van der Waals surface area contributed by atoms with Crippen LogP contribution in [0.5, 0.6) is 0 Å². The van der Waals surface area contributed by atoms with Crippen LogP contribution in [0.15, 0.2) is 25.0 Å². The van der Waals surface area contributed by atoms with E-state index in [1.807, 2.05) is 22.0 Å². The number of hydrogen-bond donors (Lipinski definition) is 0. The Morgan fingerprint density at radius 3 is 2.78 bits per heavy atom. The molecule has 0 unspecified atom stereocenters. The monoisotopic (exact) mass is 364 g/mol. The summed E-state index contributed by atoms with van der Waals surface area (Å²) in [5.41, 5.74) is 2.92. The maximum Gasteiger partial charge on any atom is 0.254 e. The molecular weight excluding hydrogens is 344 g/mol. The van der Waals surface area contributed by atoms with Crippen molar-refractivity contribution in [3.8, 4) is 0 Å². The molecule has 27 heavy (non-hydrogen) atoms. The standard InChI is InChI=1S/C17H20N10/c1-12-13(2)22-17-19-10-21-27(17)16(12)25-6-3-5-24(8-9-25)14-15-23-20-11-26(15)7-4-18-14/h4,7,10-11H,3,5-6,8-9H2,1-2H3. The summed E-state index contributed by atoms with van der Waals surface area (Å²) >= 11 is 0. The van der Waals surface area contributed by atoms with Crippen molar-refractivity contribution in [3.63, 3.8) is 0 Å². The topological polar surface area (TPSA) is 92.6 Å². The summed E-state index contributed by atoms with van der Waals surface area (Å²) < 4.78 is 3.75. The molecule has 0 atom stereocenters. The Hall–Kier alpha value is -3.30. The summed E-state index contributed by atoms with van der Waals surface area (Å²) in [6.07, 6.45) is 7.94. The van der Waals surface area contributed by atoms with Crippen LogP contribution in [0.25, 0.3) is 11.4 Å². The second-order valence-electron chi connectivity index (χ2n) is 6.76. The number of fused-ring (bicyclic) bond motifs is 2. The zero-order valence-electron chi connectivity index (χ0n) is 15.3. The maximum atomic E-state index is 4.56. The van der Waals surface area contributed by atoms with Gasteiger partial charge >= 0.3 is 0 Å². The van der Waals surface area contributed by atoms with Gasteiger partial charge in [-0.2, -0.15) is 14.6 Å². The third-order valence-corrected chi connectivity index (χ3v) is 5.17. The Kier molecular flexibility index (Phi) is 3.62. The quantitative estimate of drug-likeness (QED) is 0.518. The zero-order valence-corrected chi connectivity index (χ0v) is 15.3. The van der Waals surface area contributed by atoms with E-state index in [9.17, 15) is 0 Å². The summed E-state index contributed by atoms with van der Waals surface area (Å²) in [6, 6.07) is 0. The highest BCUT2D eigenvalue weighted by molar-refractivity contribution is 5.63. The van der Waals surface area contributed by atoms with Gasteiger partial charge in [-0.05, 0) is 20.3 Å². The lowest BCUT2D eigenvalue weighted by Gasteiger charge is -2.26. The van der Waals surface area contributed by atoms with Crippen molar-refractivity contribution in [1.82, 2.24) is 39.2 Å². The van der Waals surface area contributed by atoms with Gasteiger partial charge in [-0.1, -0.05) is 0 Å². The van der Waals surface area contributed by atoms with E-state index in [4.69, 9.17) is 0 Å². The molecule has 10 heteroatoms. The first kappa shape index (κ1) is 15.9. The molecule has 0 saturated carbocycles. The van der Waals surface area contributed by atoms with Crippen LogP contribution in [0.2, 0.25) is 0 Å². The molecule has 0 aromatic carbocycles. The minimum Gasteiger partial charge on any atom is -0.354 e. The van der Waals surface area contributed by atoms with Crippen molar-refractivity contribution in [2.45, 2.75) is 20.3 Å².